The molecule has 0 unspecified atom stereocenters. The predicted octanol–water partition coefficient (Wildman–Crippen LogP) is 5.12. The zero-order valence-corrected chi connectivity index (χ0v) is 19.1. The van der Waals surface area contributed by atoms with Crippen molar-refractivity contribution in [2.45, 2.75) is 32.8 Å². The number of anilines is 1. The van der Waals surface area contributed by atoms with Gasteiger partial charge < -0.3 is 14.8 Å². The standard InChI is InChI=1S/C26H24N2O4S/c1-17-7-12-21-22(14-27)25(33-23(21)13-17)28-24(29)16-32-26(30)19-8-10-20(11-9-19)31-15-18-5-3-2-4-6-18/h2-6,8-11,17H,7,12-13,15-16H2,1H3,(H,28,29)/t17-/m0/s1. The van der Waals surface area contributed by atoms with Crippen molar-refractivity contribution in [3.05, 3.63) is 81.7 Å². The molecular weight excluding hydrogens is 436 g/mol. The number of nitrogens with one attached hydrogen (secondary N) is 1. The summed E-state index contributed by atoms with van der Waals surface area (Å²) >= 11 is 1.44. The molecule has 1 aromatic heterocycles. The van der Waals surface area contributed by atoms with Crippen molar-refractivity contribution in [2.75, 3.05) is 11.9 Å². The first-order chi connectivity index (χ1) is 16.0. The summed E-state index contributed by atoms with van der Waals surface area (Å²) in [5.74, 6) is 0.143. The summed E-state index contributed by atoms with van der Waals surface area (Å²) in [6, 6.07) is 18.6. The number of carbonyl (C=O) groups is 2. The molecule has 4 rings (SSSR count). The largest absolute Gasteiger partial charge is 0.489 e. The summed E-state index contributed by atoms with van der Waals surface area (Å²) in [6.45, 7) is 2.20. The molecule has 1 amide bonds. The highest BCUT2D eigenvalue weighted by molar-refractivity contribution is 7.16. The fourth-order valence-corrected chi connectivity index (χ4v) is 5.14. The second kappa shape index (κ2) is 10.3. The van der Waals surface area contributed by atoms with Gasteiger partial charge in [-0.05, 0) is 60.6 Å². The molecule has 1 atom stereocenters. The number of fused-ring (bicyclic) bond motifs is 1. The molecule has 33 heavy (non-hydrogen) atoms. The molecule has 7 heteroatoms. The second-order valence-corrected chi connectivity index (χ2v) is 9.20. The van der Waals surface area contributed by atoms with E-state index >= 15 is 0 Å². The van der Waals surface area contributed by atoms with Crippen molar-refractivity contribution < 1.29 is 19.1 Å². The van der Waals surface area contributed by atoms with Crippen LogP contribution in [0.3, 0.4) is 0 Å². The van der Waals surface area contributed by atoms with Crippen molar-refractivity contribution in [1.82, 2.24) is 0 Å². The van der Waals surface area contributed by atoms with Gasteiger partial charge in [0.05, 0.1) is 11.1 Å². The van der Waals surface area contributed by atoms with E-state index in [0.29, 0.717) is 34.4 Å². The van der Waals surface area contributed by atoms with Crippen LogP contribution < -0.4 is 10.1 Å². The van der Waals surface area contributed by atoms with Crippen LogP contribution in [0, 0.1) is 17.2 Å². The second-order valence-electron chi connectivity index (χ2n) is 8.09. The minimum atomic E-state index is -0.598. The number of thiophene rings is 1. The summed E-state index contributed by atoms with van der Waals surface area (Å²) in [5, 5.41) is 12.8. The first kappa shape index (κ1) is 22.6. The van der Waals surface area contributed by atoms with Crippen LogP contribution in [0.15, 0.2) is 54.6 Å². The maximum atomic E-state index is 12.4. The molecule has 1 heterocycles. The van der Waals surface area contributed by atoms with Gasteiger partial charge in [0.2, 0.25) is 0 Å². The van der Waals surface area contributed by atoms with Crippen LogP contribution in [0.25, 0.3) is 0 Å². The maximum Gasteiger partial charge on any atom is 0.338 e. The monoisotopic (exact) mass is 460 g/mol. The summed E-state index contributed by atoms with van der Waals surface area (Å²) in [5.41, 5.74) is 2.95. The number of nitriles is 1. The Morgan fingerprint density at radius 3 is 2.64 bits per heavy atom. The average Bonchev–Trinajstić information content (AvgIpc) is 3.17. The third kappa shape index (κ3) is 5.60. The molecule has 0 radical (unpaired) electrons. The van der Waals surface area contributed by atoms with Crippen LogP contribution in [0.2, 0.25) is 0 Å². The third-order valence-electron chi connectivity index (χ3n) is 5.55. The van der Waals surface area contributed by atoms with Crippen molar-refractivity contribution >= 4 is 28.2 Å². The van der Waals surface area contributed by atoms with E-state index in [9.17, 15) is 14.9 Å². The van der Waals surface area contributed by atoms with Gasteiger partial charge in [0.1, 0.15) is 23.4 Å². The number of ether oxygens (including phenoxy) is 2. The smallest absolute Gasteiger partial charge is 0.338 e. The van der Waals surface area contributed by atoms with E-state index in [0.717, 1.165) is 35.3 Å². The molecule has 6 nitrogen and oxygen atoms in total. The number of benzene rings is 2. The Labute approximate surface area is 196 Å². The number of carbonyl (C=O) groups excluding carboxylic acids is 2. The number of nitrogens with zero attached hydrogens (tertiary/aromatic N) is 1. The van der Waals surface area contributed by atoms with Crippen LogP contribution in [0.5, 0.6) is 5.75 Å². The summed E-state index contributed by atoms with van der Waals surface area (Å²) < 4.78 is 10.9. The fraction of sp³-hybridized carbons (Fsp3) is 0.269. The summed E-state index contributed by atoms with van der Waals surface area (Å²) in [6.07, 6.45) is 2.82. The number of rotatable bonds is 7. The SMILES string of the molecule is C[C@H]1CCc2c(sc(NC(=O)COC(=O)c3ccc(OCc4ccccc4)cc3)c2C#N)C1. The van der Waals surface area contributed by atoms with Gasteiger partial charge in [0, 0.05) is 4.88 Å². The third-order valence-corrected chi connectivity index (χ3v) is 6.72. The molecule has 3 aromatic rings. The van der Waals surface area contributed by atoms with Crippen molar-refractivity contribution in [1.29, 1.82) is 5.26 Å². The Balaban J connectivity index is 1.29. The summed E-state index contributed by atoms with van der Waals surface area (Å²) in [7, 11) is 0. The number of hydrogen-bond acceptors (Lipinski definition) is 6. The molecule has 0 spiro atoms. The van der Waals surface area contributed by atoms with Gasteiger partial charge in [-0.3, -0.25) is 4.79 Å². The van der Waals surface area contributed by atoms with Crippen molar-refractivity contribution in [2.24, 2.45) is 5.92 Å². The lowest BCUT2D eigenvalue weighted by atomic mass is 9.89. The van der Waals surface area contributed by atoms with Crippen molar-refractivity contribution in [3.63, 3.8) is 0 Å². The molecule has 0 bridgehead atoms. The van der Waals surface area contributed by atoms with Crippen LogP contribution in [-0.2, 0) is 29.0 Å². The highest BCUT2D eigenvalue weighted by Gasteiger charge is 2.24. The fourth-order valence-electron chi connectivity index (χ4n) is 3.76. The normalized spacial score (nSPS) is 14.6. The molecule has 0 saturated heterocycles. The Hall–Kier alpha value is -3.63. The van der Waals surface area contributed by atoms with Crippen LogP contribution in [0.4, 0.5) is 5.00 Å². The molecular formula is C26H24N2O4S. The topological polar surface area (TPSA) is 88.4 Å². The van der Waals surface area contributed by atoms with E-state index in [1.807, 2.05) is 30.3 Å². The summed E-state index contributed by atoms with van der Waals surface area (Å²) in [4.78, 5) is 25.8. The lowest BCUT2D eigenvalue weighted by Gasteiger charge is -2.17. The van der Waals surface area contributed by atoms with Gasteiger partial charge in [-0.2, -0.15) is 5.26 Å². The minimum absolute atomic E-state index is 0.327. The highest BCUT2D eigenvalue weighted by Crippen LogP contribution is 2.39. The number of hydrogen-bond donors (Lipinski definition) is 1. The number of amides is 1. The quantitative estimate of drug-likeness (QED) is 0.495. The molecule has 0 fully saturated rings. The van der Waals surface area contributed by atoms with Crippen molar-refractivity contribution in [3.8, 4) is 11.8 Å². The Morgan fingerprint density at radius 2 is 1.91 bits per heavy atom. The lowest BCUT2D eigenvalue weighted by molar-refractivity contribution is -0.119. The number of esters is 1. The molecule has 1 aliphatic rings. The van der Waals surface area contributed by atoms with Gasteiger partial charge in [-0.25, -0.2) is 4.79 Å². The van der Waals surface area contributed by atoms with Gasteiger partial charge in [-0.15, -0.1) is 11.3 Å². The zero-order chi connectivity index (χ0) is 23.2. The Morgan fingerprint density at radius 1 is 1.15 bits per heavy atom. The van der Waals surface area contributed by atoms with Crippen LogP contribution in [-0.4, -0.2) is 18.5 Å². The van der Waals surface area contributed by atoms with E-state index in [4.69, 9.17) is 9.47 Å². The predicted molar refractivity (Wildman–Crippen MR) is 126 cm³/mol. The minimum Gasteiger partial charge on any atom is -0.489 e. The Bertz CT molecular complexity index is 1180. The first-order valence-electron chi connectivity index (χ1n) is 10.8. The molecule has 0 saturated carbocycles. The van der Waals surface area contributed by atoms with E-state index < -0.39 is 18.5 Å². The van der Waals surface area contributed by atoms with Crippen LogP contribution in [0.1, 0.15) is 45.3 Å². The highest BCUT2D eigenvalue weighted by atomic mass is 32.1. The van der Waals surface area contributed by atoms with E-state index in [-0.39, 0.29) is 0 Å². The zero-order valence-electron chi connectivity index (χ0n) is 18.3. The van der Waals surface area contributed by atoms with E-state index in [1.54, 1.807) is 24.3 Å². The lowest BCUT2D eigenvalue weighted by Crippen LogP contribution is -2.20. The maximum absolute atomic E-state index is 12.4. The van der Waals surface area contributed by atoms with E-state index in [2.05, 4.69) is 18.3 Å². The molecule has 0 aliphatic heterocycles. The molecule has 1 aliphatic carbocycles. The van der Waals surface area contributed by atoms with E-state index in [1.165, 1.54) is 11.3 Å². The molecule has 168 valence electrons. The van der Waals surface area contributed by atoms with Gasteiger partial charge in [0.25, 0.3) is 5.91 Å². The van der Waals surface area contributed by atoms with Crippen LogP contribution >= 0.6 is 11.3 Å². The van der Waals surface area contributed by atoms with Gasteiger partial charge in [0.15, 0.2) is 6.61 Å². The average molecular weight is 461 g/mol. The molecule has 1 N–H and O–H groups in total. The first-order valence-corrected chi connectivity index (χ1v) is 11.6. The Kier molecular flexibility index (Phi) is 7.06. The van der Waals surface area contributed by atoms with Gasteiger partial charge >= 0.3 is 5.97 Å². The molecule has 2 aromatic carbocycles. The van der Waals surface area contributed by atoms with Gasteiger partial charge in [-0.1, -0.05) is 37.3 Å².